The number of benzene rings is 2. The molecule has 1 aliphatic heterocycles. The van der Waals surface area contributed by atoms with E-state index < -0.39 is 0 Å². The Bertz CT molecular complexity index is 1010. The summed E-state index contributed by atoms with van der Waals surface area (Å²) >= 11 is 0. The van der Waals surface area contributed by atoms with Gasteiger partial charge in [-0.1, -0.05) is 30.3 Å². The minimum absolute atomic E-state index is 0. The molecule has 4 rings (SSSR count). The zero-order chi connectivity index (χ0) is 23.0. The quantitative estimate of drug-likeness (QED) is 0.431. The van der Waals surface area contributed by atoms with Crippen LogP contribution in [0.15, 0.2) is 48.5 Å². The van der Waals surface area contributed by atoms with Gasteiger partial charge in [0, 0.05) is 45.4 Å². The highest BCUT2D eigenvalue weighted by atomic mass is 35.5. The number of methoxy groups -OCH3 is 3. The summed E-state index contributed by atoms with van der Waals surface area (Å²) in [6, 6.07) is 16.4. The zero-order valence-electron chi connectivity index (χ0n) is 20.0. The van der Waals surface area contributed by atoms with Gasteiger partial charge in [0.25, 0.3) is 0 Å². The maximum atomic E-state index is 5.53. The minimum atomic E-state index is -0.0452. The first-order chi connectivity index (χ1) is 16.2. The van der Waals surface area contributed by atoms with Crippen molar-refractivity contribution in [3.8, 4) is 11.5 Å². The van der Waals surface area contributed by atoms with E-state index in [4.69, 9.17) is 14.2 Å². The van der Waals surface area contributed by atoms with Crippen LogP contribution in [0, 0.1) is 0 Å². The Balaban J connectivity index is 0.00000324. The molecule has 1 unspecified atom stereocenters. The van der Waals surface area contributed by atoms with Crippen molar-refractivity contribution in [1.82, 2.24) is 30.0 Å². The SMILES string of the molecule is COCCn1nnnc1C(c1ccc(OC)cc1)N1CCN(Cc2ccccc2OC)CC1.Cl. The molecule has 0 spiro atoms. The lowest BCUT2D eigenvalue weighted by Gasteiger charge is -2.39. The van der Waals surface area contributed by atoms with E-state index in [0.29, 0.717) is 13.2 Å². The lowest BCUT2D eigenvalue weighted by atomic mass is 10.0. The monoisotopic (exact) mass is 488 g/mol. The smallest absolute Gasteiger partial charge is 0.173 e. The van der Waals surface area contributed by atoms with Gasteiger partial charge in [0.1, 0.15) is 11.5 Å². The molecule has 9 nitrogen and oxygen atoms in total. The predicted octanol–water partition coefficient (Wildman–Crippen LogP) is 2.67. The molecule has 0 saturated carbocycles. The largest absolute Gasteiger partial charge is 0.497 e. The van der Waals surface area contributed by atoms with Crippen LogP contribution in [0.25, 0.3) is 0 Å². The number of ether oxygens (including phenoxy) is 3. The summed E-state index contributed by atoms with van der Waals surface area (Å²) < 4.78 is 18.0. The lowest BCUT2D eigenvalue weighted by Crippen LogP contribution is -2.48. The van der Waals surface area contributed by atoms with Crippen LogP contribution in [-0.2, 0) is 17.8 Å². The molecule has 1 atom stereocenters. The predicted molar refractivity (Wildman–Crippen MR) is 132 cm³/mol. The number of rotatable bonds is 10. The number of nitrogens with zero attached hydrogens (tertiary/aromatic N) is 6. The first-order valence-corrected chi connectivity index (χ1v) is 11.2. The zero-order valence-corrected chi connectivity index (χ0v) is 20.8. The van der Waals surface area contributed by atoms with Crippen LogP contribution < -0.4 is 9.47 Å². The van der Waals surface area contributed by atoms with E-state index in [1.54, 1.807) is 21.3 Å². The van der Waals surface area contributed by atoms with E-state index in [1.807, 2.05) is 28.9 Å². The van der Waals surface area contributed by atoms with E-state index in [-0.39, 0.29) is 18.4 Å². The van der Waals surface area contributed by atoms with Crippen LogP contribution in [0.2, 0.25) is 0 Å². The minimum Gasteiger partial charge on any atom is -0.497 e. The van der Waals surface area contributed by atoms with Gasteiger partial charge in [-0.15, -0.1) is 17.5 Å². The number of tetrazole rings is 1. The summed E-state index contributed by atoms with van der Waals surface area (Å²) in [7, 11) is 5.09. The van der Waals surface area contributed by atoms with Gasteiger partial charge in [-0.25, -0.2) is 4.68 Å². The van der Waals surface area contributed by atoms with Crippen molar-refractivity contribution in [2.45, 2.75) is 19.1 Å². The molecule has 1 fully saturated rings. The second-order valence-electron chi connectivity index (χ2n) is 8.05. The molecule has 184 valence electrons. The Kier molecular flexibility index (Phi) is 9.64. The lowest BCUT2D eigenvalue weighted by molar-refractivity contribution is 0.0983. The van der Waals surface area contributed by atoms with Crippen molar-refractivity contribution >= 4 is 12.4 Å². The van der Waals surface area contributed by atoms with Crippen LogP contribution in [0.1, 0.15) is 23.0 Å². The first-order valence-electron chi connectivity index (χ1n) is 11.2. The second-order valence-corrected chi connectivity index (χ2v) is 8.05. The molecule has 2 aromatic carbocycles. The summed E-state index contributed by atoms with van der Waals surface area (Å²) in [6.07, 6.45) is 0. The summed E-state index contributed by atoms with van der Waals surface area (Å²) in [5.74, 6) is 2.60. The van der Waals surface area contributed by atoms with Crippen molar-refractivity contribution in [2.75, 3.05) is 54.1 Å². The number of hydrogen-bond donors (Lipinski definition) is 0. The van der Waals surface area contributed by atoms with Gasteiger partial charge in [0.15, 0.2) is 5.82 Å². The van der Waals surface area contributed by atoms with Gasteiger partial charge >= 0.3 is 0 Å². The maximum absolute atomic E-state index is 5.53. The first kappa shape index (κ1) is 25.9. The number of aromatic nitrogens is 4. The van der Waals surface area contributed by atoms with E-state index in [1.165, 1.54) is 5.56 Å². The molecule has 0 radical (unpaired) electrons. The molecule has 3 aromatic rings. The van der Waals surface area contributed by atoms with E-state index in [2.05, 4.69) is 49.6 Å². The van der Waals surface area contributed by atoms with Gasteiger partial charge in [-0.2, -0.15) is 0 Å². The van der Waals surface area contributed by atoms with Gasteiger partial charge in [-0.05, 0) is 34.2 Å². The van der Waals surface area contributed by atoms with Gasteiger partial charge in [0.05, 0.1) is 33.4 Å². The molecule has 1 aromatic heterocycles. The summed E-state index contributed by atoms with van der Waals surface area (Å²) in [6.45, 7) is 5.75. The molecule has 0 aliphatic carbocycles. The fraction of sp³-hybridized carbons (Fsp3) is 0.458. The van der Waals surface area contributed by atoms with Crippen LogP contribution in [0.5, 0.6) is 11.5 Å². The van der Waals surface area contributed by atoms with Crippen molar-refractivity contribution < 1.29 is 14.2 Å². The molecule has 0 bridgehead atoms. The fourth-order valence-electron chi connectivity index (χ4n) is 4.31. The summed E-state index contributed by atoms with van der Waals surface area (Å²) in [5.41, 5.74) is 2.35. The Morgan fingerprint density at radius 2 is 1.65 bits per heavy atom. The molecule has 10 heteroatoms. The van der Waals surface area contributed by atoms with Crippen molar-refractivity contribution in [3.05, 3.63) is 65.5 Å². The standard InChI is InChI=1S/C24H32N6O3.ClH/c1-31-17-16-30-24(25-26-27-30)23(19-8-10-21(32-2)11-9-19)29-14-12-28(13-15-29)18-20-6-4-5-7-22(20)33-3;/h4-11,23H,12-18H2,1-3H3;1H. The molecule has 34 heavy (non-hydrogen) atoms. The Labute approximate surface area is 207 Å². The fourth-order valence-corrected chi connectivity index (χ4v) is 4.31. The molecule has 2 heterocycles. The molecule has 1 saturated heterocycles. The van der Waals surface area contributed by atoms with Gasteiger partial charge < -0.3 is 14.2 Å². The van der Waals surface area contributed by atoms with Crippen LogP contribution >= 0.6 is 12.4 Å². The number of piperazine rings is 1. The van der Waals surface area contributed by atoms with Gasteiger partial charge in [-0.3, -0.25) is 9.80 Å². The molecular weight excluding hydrogens is 456 g/mol. The summed E-state index contributed by atoms with van der Waals surface area (Å²) in [4.78, 5) is 4.92. The van der Waals surface area contributed by atoms with Crippen LogP contribution in [0.4, 0.5) is 0 Å². The average molecular weight is 489 g/mol. The van der Waals surface area contributed by atoms with Crippen LogP contribution in [-0.4, -0.2) is 84.1 Å². The van der Waals surface area contributed by atoms with E-state index >= 15 is 0 Å². The van der Waals surface area contributed by atoms with Crippen molar-refractivity contribution in [2.24, 2.45) is 0 Å². The Morgan fingerprint density at radius 3 is 2.32 bits per heavy atom. The molecule has 0 N–H and O–H groups in total. The third-order valence-corrected chi connectivity index (χ3v) is 6.10. The molecule has 0 amide bonds. The highest BCUT2D eigenvalue weighted by molar-refractivity contribution is 5.85. The summed E-state index contributed by atoms with van der Waals surface area (Å²) in [5, 5.41) is 12.6. The van der Waals surface area contributed by atoms with Crippen molar-refractivity contribution in [3.63, 3.8) is 0 Å². The van der Waals surface area contributed by atoms with Gasteiger partial charge in [0.2, 0.25) is 0 Å². The highest BCUT2D eigenvalue weighted by Gasteiger charge is 2.30. The van der Waals surface area contributed by atoms with Crippen LogP contribution in [0.3, 0.4) is 0 Å². The maximum Gasteiger partial charge on any atom is 0.173 e. The van der Waals surface area contributed by atoms with E-state index in [9.17, 15) is 0 Å². The number of para-hydroxylation sites is 1. The Hall–Kier alpha value is -2.72. The highest BCUT2D eigenvalue weighted by Crippen LogP contribution is 2.30. The van der Waals surface area contributed by atoms with E-state index in [0.717, 1.165) is 55.6 Å². The number of halogens is 1. The second kappa shape index (κ2) is 12.7. The topological polar surface area (TPSA) is 77.8 Å². The normalized spacial score (nSPS) is 15.5. The van der Waals surface area contributed by atoms with Crippen molar-refractivity contribution in [1.29, 1.82) is 0 Å². The third-order valence-electron chi connectivity index (χ3n) is 6.10. The average Bonchev–Trinajstić information content (AvgIpc) is 3.32. The Morgan fingerprint density at radius 1 is 0.912 bits per heavy atom. The number of hydrogen-bond acceptors (Lipinski definition) is 8. The molecule has 1 aliphatic rings. The third kappa shape index (κ3) is 6.04. The molecular formula is C24H33ClN6O3.